The molecule has 0 spiro atoms. The lowest BCUT2D eigenvalue weighted by Gasteiger charge is -2.49. The summed E-state index contributed by atoms with van der Waals surface area (Å²) in [7, 11) is 0. The summed E-state index contributed by atoms with van der Waals surface area (Å²) in [5, 5.41) is 22.8. The van der Waals surface area contributed by atoms with Crippen LogP contribution in [0.2, 0.25) is 0 Å². The molecule has 0 amide bonds. The van der Waals surface area contributed by atoms with Crippen LogP contribution in [0.15, 0.2) is 41.3 Å². The Bertz CT molecular complexity index is 1410. The number of nitrogens with two attached hydrogens (primary N) is 2. The molecule has 2 aliphatic rings. The van der Waals surface area contributed by atoms with Gasteiger partial charge in [0.1, 0.15) is 29.7 Å². The number of aliphatic hydroxyl groups excluding tert-OH is 2. The van der Waals surface area contributed by atoms with Crippen LogP contribution in [-0.4, -0.2) is 52.5 Å². The first-order valence-electron chi connectivity index (χ1n) is 12.6. The fraction of sp³-hybridized carbons (Fsp3) is 0.500. The topological polar surface area (TPSA) is 152 Å². The Kier molecular flexibility index (Phi) is 5.82. The lowest BCUT2D eigenvalue weighted by Crippen LogP contribution is -2.57. The first kappa shape index (κ1) is 23.8. The molecule has 2 aliphatic carbocycles. The number of nitrogens with zero attached hydrogens (tertiary/aromatic N) is 4. The third-order valence-corrected chi connectivity index (χ3v) is 9.24. The standard InChI is InChI=1S/C26H32BrN7O2/c1-26(29,14-8-13(9-14)2-5-21-32-18-4-3-15(27)10-19(18)33-21)17-11-20(23(36)22(17)35)34-7-6-16-24(28)30-12-31-25(16)34/h3-4,6-7,10,12-14,17,20,22-23,35-36H,2,5,8-9,11,29H2,1H3,(H,32,33)(H2,28,30,31)/t13-,14-,17-,20+,22+,23-,26?/m0/s1. The predicted octanol–water partition coefficient (Wildman–Crippen LogP) is 3.31. The van der Waals surface area contributed by atoms with Gasteiger partial charge in [0.05, 0.1) is 28.6 Å². The number of imidazole rings is 1. The van der Waals surface area contributed by atoms with Crippen LogP contribution < -0.4 is 11.5 Å². The van der Waals surface area contributed by atoms with Gasteiger partial charge in [-0.05, 0) is 68.7 Å². The fourth-order valence-corrected chi connectivity index (χ4v) is 6.78. The molecule has 1 aromatic carbocycles. The summed E-state index contributed by atoms with van der Waals surface area (Å²) < 4.78 is 2.94. The molecule has 36 heavy (non-hydrogen) atoms. The van der Waals surface area contributed by atoms with E-state index in [1.807, 2.05) is 42.0 Å². The summed E-state index contributed by atoms with van der Waals surface area (Å²) in [6.45, 7) is 2.04. The van der Waals surface area contributed by atoms with Gasteiger partial charge in [-0.2, -0.15) is 0 Å². The Morgan fingerprint density at radius 1 is 1.17 bits per heavy atom. The van der Waals surface area contributed by atoms with E-state index in [1.165, 1.54) is 6.33 Å². The van der Waals surface area contributed by atoms with E-state index < -0.39 is 17.7 Å². The van der Waals surface area contributed by atoms with Crippen molar-refractivity contribution in [3.05, 3.63) is 47.1 Å². The molecule has 3 aromatic heterocycles. The number of aromatic nitrogens is 5. The van der Waals surface area contributed by atoms with Crippen LogP contribution >= 0.6 is 15.9 Å². The fourth-order valence-electron chi connectivity index (χ4n) is 6.44. The number of rotatable bonds is 6. The van der Waals surface area contributed by atoms with E-state index in [1.54, 1.807) is 0 Å². The zero-order chi connectivity index (χ0) is 25.2. The predicted molar refractivity (Wildman–Crippen MR) is 142 cm³/mol. The molecule has 0 saturated heterocycles. The maximum Gasteiger partial charge on any atom is 0.145 e. The summed E-state index contributed by atoms with van der Waals surface area (Å²) >= 11 is 3.50. The average molecular weight is 554 g/mol. The monoisotopic (exact) mass is 553 g/mol. The number of hydrogen-bond donors (Lipinski definition) is 5. The molecule has 2 saturated carbocycles. The first-order valence-corrected chi connectivity index (χ1v) is 13.4. The number of aryl methyl sites for hydroxylation is 1. The van der Waals surface area contributed by atoms with Crippen LogP contribution in [0.4, 0.5) is 5.82 Å². The van der Waals surface area contributed by atoms with Crippen molar-refractivity contribution < 1.29 is 10.2 Å². The molecular weight excluding hydrogens is 522 g/mol. The van der Waals surface area contributed by atoms with Gasteiger partial charge in [-0.1, -0.05) is 15.9 Å². The van der Waals surface area contributed by atoms with Gasteiger partial charge in [0, 0.05) is 28.5 Å². The second kappa shape index (κ2) is 8.79. The first-order chi connectivity index (χ1) is 17.2. The van der Waals surface area contributed by atoms with E-state index in [2.05, 4.69) is 30.9 Å². The molecule has 190 valence electrons. The Morgan fingerprint density at radius 2 is 1.97 bits per heavy atom. The van der Waals surface area contributed by atoms with Crippen LogP contribution in [0, 0.1) is 17.8 Å². The molecule has 9 nitrogen and oxygen atoms in total. The Hall–Kier alpha value is -2.53. The highest BCUT2D eigenvalue weighted by Gasteiger charge is 2.54. The van der Waals surface area contributed by atoms with E-state index in [4.69, 9.17) is 16.5 Å². The summed E-state index contributed by atoms with van der Waals surface area (Å²) in [6.07, 6.45) is 6.07. The van der Waals surface area contributed by atoms with Crippen molar-refractivity contribution in [3.8, 4) is 0 Å². The molecule has 6 rings (SSSR count). The number of hydrogen-bond acceptors (Lipinski definition) is 7. The smallest absolute Gasteiger partial charge is 0.145 e. The molecule has 5 atom stereocenters. The van der Waals surface area contributed by atoms with Gasteiger partial charge in [-0.25, -0.2) is 15.0 Å². The number of nitrogens with one attached hydrogen (secondary N) is 1. The number of anilines is 1. The highest BCUT2D eigenvalue weighted by Crippen LogP contribution is 2.50. The van der Waals surface area contributed by atoms with E-state index in [0.29, 0.717) is 29.7 Å². The molecule has 10 heteroatoms. The normalized spacial score (nSPS) is 30.0. The molecule has 0 aliphatic heterocycles. The second-order valence-electron chi connectivity index (χ2n) is 10.9. The molecule has 0 radical (unpaired) electrons. The van der Waals surface area contributed by atoms with Crippen molar-refractivity contribution in [2.24, 2.45) is 23.5 Å². The van der Waals surface area contributed by atoms with Crippen LogP contribution in [0.1, 0.15) is 44.5 Å². The summed E-state index contributed by atoms with van der Waals surface area (Å²) in [4.78, 5) is 16.6. The minimum atomic E-state index is -0.923. The van der Waals surface area contributed by atoms with Gasteiger partial charge in [-0.3, -0.25) is 0 Å². The number of halogens is 1. The molecule has 0 bridgehead atoms. The van der Waals surface area contributed by atoms with E-state index in [9.17, 15) is 10.2 Å². The van der Waals surface area contributed by atoms with Crippen molar-refractivity contribution in [1.82, 2.24) is 24.5 Å². The highest BCUT2D eigenvalue weighted by molar-refractivity contribution is 9.10. The van der Waals surface area contributed by atoms with Crippen LogP contribution in [-0.2, 0) is 6.42 Å². The number of benzene rings is 1. The number of nitrogen functional groups attached to an aromatic ring is 1. The Labute approximate surface area is 217 Å². The van der Waals surface area contributed by atoms with Crippen LogP contribution in [0.25, 0.3) is 22.1 Å². The molecule has 7 N–H and O–H groups in total. The van der Waals surface area contributed by atoms with E-state index in [0.717, 1.165) is 52.4 Å². The summed E-state index contributed by atoms with van der Waals surface area (Å²) in [5.41, 5.74) is 15.0. The maximum atomic E-state index is 11.0. The van der Waals surface area contributed by atoms with Crippen molar-refractivity contribution in [3.63, 3.8) is 0 Å². The second-order valence-corrected chi connectivity index (χ2v) is 11.8. The lowest BCUT2D eigenvalue weighted by atomic mass is 9.60. The Balaban J connectivity index is 1.10. The van der Waals surface area contributed by atoms with Gasteiger partial charge < -0.3 is 31.2 Å². The van der Waals surface area contributed by atoms with Gasteiger partial charge in [-0.15, -0.1) is 0 Å². The minimum Gasteiger partial charge on any atom is -0.390 e. The highest BCUT2D eigenvalue weighted by atomic mass is 79.9. The average Bonchev–Trinajstić information content (AvgIpc) is 3.49. The molecule has 1 unspecified atom stereocenters. The maximum absolute atomic E-state index is 11.0. The lowest BCUT2D eigenvalue weighted by molar-refractivity contribution is -0.0310. The largest absolute Gasteiger partial charge is 0.390 e. The van der Waals surface area contributed by atoms with Gasteiger partial charge >= 0.3 is 0 Å². The summed E-state index contributed by atoms with van der Waals surface area (Å²) in [5.74, 6) is 2.10. The van der Waals surface area contributed by atoms with Crippen molar-refractivity contribution in [1.29, 1.82) is 0 Å². The SMILES string of the molecule is CC(N)([C@H]1C[C@H](CCc2nc3cc(Br)ccc3[nH]2)C1)[C@H]1C[C@@H](n2ccc3c(N)ncnc32)[C@H](O)[C@@H]1O. The quantitative estimate of drug-likeness (QED) is 0.245. The number of aromatic amines is 1. The number of aliphatic hydroxyl groups is 2. The van der Waals surface area contributed by atoms with Crippen molar-refractivity contribution >= 4 is 43.8 Å². The van der Waals surface area contributed by atoms with E-state index >= 15 is 0 Å². The van der Waals surface area contributed by atoms with Crippen LogP contribution in [0.5, 0.6) is 0 Å². The van der Waals surface area contributed by atoms with Crippen molar-refractivity contribution in [2.75, 3.05) is 5.73 Å². The zero-order valence-corrected chi connectivity index (χ0v) is 21.8. The van der Waals surface area contributed by atoms with Gasteiger partial charge in [0.2, 0.25) is 0 Å². The number of H-pyrrole nitrogens is 1. The van der Waals surface area contributed by atoms with E-state index in [-0.39, 0.29) is 12.0 Å². The zero-order valence-electron chi connectivity index (χ0n) is 20.2. The Morgan fingerprint density at radius 3 is 2.78 bits per heavy atom. The third kappa shape index (κ3) is 3.91. The molecule has 3 heterocycles. The van der Waals surface area contributed by atoms with Gasteiger partial charge in [0.25, 0.3) is 0 Å². The minimum absolute atomic E-state index is 0.214. The van der Waals surface area contributed by atoms with Gasteiger partial charge in [0.15, 0.2) is 0 Å². The van der Waals surface area contributed by atoms with Crippen molar-refractivity contribution in [2.45, 2.75) is 62.8 Å². The molecule has 2 fully saturated rings. The molecule has 4 aromatic rings. The number of fused-ring (bicyclic) bond motifs is 2. The van der Waals surface area contributed by atoms with Crippen LogP contribution in [0.3, 0.4) is 0 Å². The third-order valence-electron chi connectivity index (χ3n) is 8.75. The summed E-state index contributed by atoms with van der Waals surface area (Å²) in [6, 6.07) is 7.63. The molecular formula is C26H32BrN7O2.